The van der Waals surface area contributed by atoms with Crippen LogP contribution in [0.5, 0.6) is 0 Å². The minimum atomic E-state index is -3.92. The maximum Gasteiger partial charge on any atom is 0.268 e. The molecule has 0 aliphatic carbocycles. The highest BCUT2D eigenvalue weighted by Gasteiger charge is 2.22. The molecule has 1 heterocycles. The molecule has 0 saturated carbocycles. The van der Waals surface area contributed by atoms with Gasteiger partial charge in [0.05, 0.1) is 10.4 Å². The van der Waals surface area contributed by atoms with Crippen LogP contribution in [0.25, 0.3) is 22.0 Å². The fourth-order valence-corrected chi connectivity index (χ4v) is 5.59. The first-order valence-corrected chi connectivity index (χ1v) is 12.8. The van der Waals surface area contributed by atoms with Crippen molar-refractivity contribution in [2.24, 2.45) is 0 Å². The summed E-state index contributed by atoms with van der Waals surface area (Å²) in [6.07, 6.45) is 1.66. The van der Waals surface area contributed by atoms with Crippen LogP contribution in [0.1, 0.15) is 21.5 Å². The van der Waals surface area contributed by atoms with Gasteiger partial charge in [0.15, 0.2) is 0 Å². The van der Waals surface area contributed by atoms with Crippen molar-refractivity contribution < 1.29 is 17.6 Å². The van der Waals surface area contributed by atoms with E-state index in [0.717, 1.165) is 27.6 Å². The number of hydrogen-bond donors (Lipinski definition) is 1. The second-order valence-corrected chi connectivity index (χ2v) is 10.3. The van der Waals surface area contributed by atoms with Gasteiger partial charge < -0.3 is 5.32 Å². The monoisotopic (exact) mass is 498 g/mol. The van der Waals surface area contributed by atoms with Crippen molar-refractivity contribution in [1.82, 2.24) is 9.29 Å². The lowest BCUT2D eigenvalue weighted by molar-refractivity contribution is 0.0951. The lowest BCUT2D eigenvalue weighted by Gasteiger charge is -2.09. The molecule has 1 N–H and O–H groups in total. The third-order valence-corrected chi connectivity index (χ3v) is 7.84. The molecule has 0 bridgehead atoms. The zero-order chi connectivity index (χ0) is 25.3. The average molecular weight is 499 g/mol. The number of rotatable bonds is 6. The van der Waals surface area contributed by atoms with Crippen LogP contribution < -0.4 is 5.32 Å². The molecule has 7 heteroatoms. The second-order valence-electron chi connectivity index (χ2n) is 8.51. The smallest absolute Gasteiger partial charge is 0.268 e. The van der Waals surface area contributed by atoms with Gasteiger partial charge in [-0.1, -0.05) is 54.6 Å². The largest absolute Gasteiger partial charge is 0.348 e. The Balaban J connectivity index is 1.44. The second kappa shape index (κ2) is 9.43. The summed E-state index contributed by atoms with van der Waals surface area (Å²) in [7, 11) is -3.92. The van der Waals surface area contributed by atoms with E-state index >= 15 is 0 Å². The predicted octanol–water partition coefficient (Wildman–Crippen LogP) is 5.92. The zero-order valence-corrected chi connectivity index (χ0v) is 20.3. The Morgan fingerprint density at radius 2 is 1.50 bits per heavy atom. The van der Waals surface area contributed by atoms with E-state index in [9.17, 15) is 17.6 Å². The molecular formula is C29H23FN2O3S. The van der Waals surface area contributed by atoms with Crippen LogP contribution in [-0.2, 0) is 16.6 Å². The van der Waals surface area contributed by atoms with Gasteiger partial charge in [0.1, 0.15) is 5.82 Å². The van der Waals surface area contributed by atoms with Gasteiger partial charge in [-0.25, -0.2) is 16.8 Å². The molecule has 0 saturated heterocycles. The maximum atomic E-state index is 13.6. The Labute approximate surface area is 208 Å². The van der Waals surface area contributed by atoms with Crippen molar-refractivity contribution in [3.63, 3.8) is 0 Å². The van der Waals surface area contributed by atoms with E-state index in [-0.39, 0.29) is 23.2 Å². The summed E-state index contributed by atoms with van der Waals surface area (Å²) in [6, 6.07) is 27.0. The van der Waals surface area contributed by atoms with Gasteiger partial charge in [-0.2, -0.15) is 0 Å². The predicted molar refractivity (Wildman–Crippen MR) is 139 cm³/mol. The lowest BCUT2D eigenvalue weighted by Crippen LogP contribution is -2.22. The van der Waals surface area contributed by atoms with Crippen molar-refractivity contribution in [1.29, 1.82) is 0 Å². The Morgan fingerprint density at radius 1 is 0.833 bits per heavy atom. The average Bonchev–Trinajstić information content (AvgIpc) is 3.29. The van der Waals surface area contributed by atoms with E-state index < -0.39 is 10.0 Å². The summed E-state index contributed by atoms with van der Waals surface area (Å²) >= 11 is 0. The fourth-order valence-electron chi connectivity index (χ4n) is 4.22. The normalized spacial score (nSPS) is 11.5. The summed E-state index contributed by atoms with van der Waals surface area (Å²) in [4.78, 5) is 12.6. The molecule has 5 aromatic rings. The number of hydrogen-bond acceptors (Lipinski definition) is 3. The van der Waals surface area contributed by atoms with Crippen molar-refractivity contribution in [3.8, 4) is 11.1 Å². The highest BCUT2D eigenvalue weighted by Crippen LogP contribution is 2.34. The zero-order valence-electron chi connectivity index (χ0n) is 19.5. The minimum Gasteiger partial charge on any atom is -0.348 e. The van der Waals surface area contributed by atoms with E-state index in [1.807, 2.05) is 49.4 Å². The van der Waals surface area contributed by atoms with E-state index in [0.29, 0.717) is 11.1 Å². The molecule has 1 amide bonds. The molecular weight excluding hydrogens is 475 g/mol. The summed E-state index contributed by atoms with van der Waals surface area (Å²) in [6.45, 7) is 2.23. The van der Waals surface area contributed by atoms with Crippen LogP contribution in [0.15, 0.2) is 108 Å². The Morgan fingerprint density at radius 3 is 2.22 bits per heavy atom. The van der Waals surface area contributed by atoms with Gasteiger partial charge in [-0.05, 0) is 66.1 Å². The van der Waals surface area contributed by atoms with Crippen molar-refractivity contribution in [3.05, 3.63) is 126 Å². The number of benzene rings is 4. The molecule has 0 aliphatic heterocycles. The highest BCUT2D eigenvalue weighted by molar-refractivity contribution is 7.90. The number of carbonyl (C=O) groups excluding carboxylic acids is 1. The molecule has 0 atom stereocenters. The standard InChI is InChI=1S/C29H23FN2O3S/c1-20-6-2-3-7-25(20)27-19-32(28-9-5-4-8-26(27)28)36(34,35)24-16-12-22(13-17-24)29(33)31-18-21-10-14-23(30)15-11-21/h2-17,19H,18H2,1H3,(H,31,33). The quantitative estimate of drug-likeness (QED) is 0.316. The number of aromatic nitrogens is 1. The summed E-state index contributed by atoms with van der Waals surface area (Å²) in [5, 5.41) is 3.60. The number of para-hydroxylation sites is 1. The number of fused-ring (bicyclic) bond motifs is 1. The van der Waals surface area contributed by atoms with Crippen LogP contribution in [0, 0.1) is 12.7 Å². The van der Waals surface area contributed by atoms with E-state index in [1.165, 1.54) is 40.4 Å². The van der Waals surface area contributed by atoms with Crippen LogP contribution in [-0.4, -0.2) is 18.3 Å². The maximum absolute atomic E-state index is 13.6. The molecule has 180 valence electrons. The molecule has 0 unspecified atom stereocenters. The number of amides is 1. The first kappa shape index (κ1) is 23.5. The minimum absolute atomic E-state index is 0.0784. The Hall–Kier alpha value is -4.23. The van der Waals surface area contributed by atoms with Crippen LogP contribution in [0.4, 0.5) is 4.39 Å². The van der Waals surface area contributed by atoms with Gasteiger partial charge in [-0.3, -0.25) is 4.79 Å². The van der Waals surface area contributed by atoms with Crippen molar-refractivity contribution in [2.45, 2.75) is 18.4 Å². The summed E-state index contributed by atoms with van der Waals surface area (Å²) in [5.41, 5.74) is 4.52. The molecule has 5 rings (SSSR count). The number of nitrogens with one attached hydrogen (secondary N) is 1. The van der Waals surface area contributed by atoms with Gasteiger partial charge in [0.2, 0.25) is 0 Å². The third kappa shape index (κ3) is 4.41. The number of carbonyl (C=O) groups is 1. The molecule has 0 fully saturated rings. The molecule has 5 nitrogen and oxygen atoms in total. The molecule has 0 radical (unpaired) electrons. The Bertz CT molecular complexity index is 1670. The number of aryl methyl sites for hydroxylation is 1. The molecule has 4 aromatic carbocycles. The number of halogens is 1. The number of nitrogens with zero attached hydrogens (tertiary/aromatic N) is 1. The third-order valence-electron chi connectivity index (χ3n) is 6.15. The molecule has 1 aromatic heterocycles. The van der Waals surface area contributed by atoms with E-state index in [4.69, 9.17) is 0 Å². The van der Waals surface area contributed by atoms with Gasteiger partial charge in [0.25, 0.3) is 15.9 Å². The molecule has 0 aliphatic rings. The SMILES string of the molecule is Cc1ccccc1-c1cn(S(=O)(=O)c2ccc(C(=O)NCc3ccc(F)cc3)cc2)c2ccccc12. The van der Waals surface area contributed by atoms with Crippen LogP contribution in [0.2, 0.25) is 0 Å². The summed E-state index contributed by atoms with van der Waals surface area (Å²) < 4.78 is 41.6. The van der Waals surface area contributed by atoms with E-state index in [1.54, 1.807) is 24.4 Å². The molecule has 0 spiro atoms. The van der Waals surface area contributed by atoms with Crippen LogP contribution >= 0.6 is 0 Å². The highest BCUT2D eigenvalue weighted by atomic mass is 32.2. The topological polar surface area (TPSA) is 68.2 Å². The van der Waals surface area contributed by atoms with E-state index in [2.05, 4.69) is 5.32 Å². The van der Waals surface area contributed by atoms with Gasteiger partial charge in [0, 0.05) is 29.3 Å². The lowest BCUT2D eigenvalue weighted by atomic mass is 10.0. The summed E-state index contributed by atoms with van der Waals surface area (Å²) in [5.74, 6) is -0.695. The molecule has 36 heavy (non-hydrogen) atoms. The van der Waals surface area contributed by atoms with Gasteiger partial charge >= 0.3 is 0 Å². The fraction of sp³-hybridized carbons (Fsp3) is 0.0690. The first-order valence-electron chi connectivity index (χ1n) is 11.4. The van der Waals surface area contributed by atoms with Crippen molar-refractivity contribution >= 4 is 26.8 Å². The first-order chi connectivity index (χ1) is 17.3. The van der Waals surface area contributed by atoms with Gasteiger partial charge in [-0.15, -0.1) is 0 Å². The van der Waals surface area contributed by atoms with Crippen LogP contribution in [0.3, 0.4) is 0 Å². The van der Waals surface area contributed by atoms with Crippen molar-refractivity contribution in [2.75, 3.05) is 0 Å². The Kier molecular flexibility index (Phi) is 6.16.